The van der Waals surface area contributed by atoms with Crippen LogP contribution in [-0.2, 0) is 11.8 Å². The first kappa shape index (κ1) is 16.0. The van der Waals surface area contributed by atoms with Crippen LogP contribution in [0.4, 0.5) is 0 Å². The molecule has 0 saturated heterocycles. The lowest BCUT2D eigenvalue weighted by Gasteiger charge is -2.19. The molecule has 110 valence electrons. The van der Waals surface area contributed by atoms with E-state index in [-0.39, 0.29) is 11.2 Å². The van der Waals surface area contributed by atoms with Gasteiger partial charge in [-0.1, -0.05) is 67.0 Å². The summed E-state index contributed by atoms with van der Waals surface area (Å²) >= 11 is 3.46. The fourth-order valence-electron chi connectivity index (χ4n) is 2.23. The highest BCUT2D eigenvalue weighted by Gasteiger charge is 2.14. The summed E-state index contributed by atoms with van der Waals surface area (Å²) in [6.45, 7) is 8.58. The van der Waals surface area contributed by atoms with E-state index in [2.05, 4.69) is 61.0 Å². The maximum atomic E-state index is 12.3. The van der Waals surface area contributed by atoms with Crippen LogP contribution >= 0.6 is 15.9 Å². The second-order valence-electron chi connectivity index (χ2n) is 6.51. The summed E-state index contributed by atoms with van der Waals surface area (Å²) in [5.74, 6) is 0.161. The number of Topliss-reactive ketones (excluding diaryl/α,β-unsaturated/α-hetero) is 1. The van der Waals surface area contributed by atoms with Gasteiger partial charge in [0.15, 0.2) is 5.78 Å². The van der Waals surface area contributed by atoms with Gasteiger partial charge in [-0.05, 0) is 41.2 Å². The van der Waals surface area contributed by atoms with Gasteiger partial charge in [0.25, 0.3) is 0 Å². The Morgan fingerprint density at radius 2 is 1.67 bits per heavy atom. The van der Waals surface area contributed by atoms with Crippen molar-refractivity contribution in [2.75, 3.05) is 0 Å². The molecule has 0 spiro atoms. The number of carbonyl (C=O) groups excluding carboxylic acids is 1. The average molecular weight is 345 g/mol. The molecule has 2 aromatic carbocycles. The van der Waals surface area contributed by atoms with Crippen molar-refractivity contribution in [3.05, 3.63) is 69.2 Å². The van der Waals surface area contributed by atoms with Crippen LogP contribution in [0.5, 0.6) is 0 Å². The molecule has 0 unspecified atom stereocenters. The van der Waals surface area contributed by atoms with E-state index < -0.39 is 0 Å². The van der Waals surface area contributed by atoms with E-state index in [1.807, 2.05) is 25.1 Å². The lowest BCUT2D eigenvalue weighted by molar-refractivity contribution is 0.0993. The molecule has 0 aliphatic rings. The Bertz CT molecular complexity index is 648. The average Bonchev–Trinajstić information content (AvgIpc) is 2.41. The van der Waals surface area contributed by atoms with E-state index in [0.29, 0.717) is 6.42 Å². The standard InChI is InChI=1S/C19H21BrO/c1-13-11-15(7-10-17(13)20)18(21)12-14-5-8-16(9-6-14)19(2,3)4/h5-11H,12H2,1-4H3. The maximum Gasteiger partial charge on any atom is 0.167 e. The molecular formula is C19H21BrO. The maximum absolute atomic E-state index is 12.3. The highest BCUT2D eigenvalue weighted by molar-refractivity contribution is 9.10. The molecule has 0 fully saturated rings. The zero-order chi connectivity index (χ0) is 15.6. The summed E-state index contributed by atoms with van der Waals surface area (Å²) < 4.78 is 1.04. The van der Waals surface area contributed by atoms with Crippen molar-refractivity contribution < 1.29 is 4.79 Å². The molecule has 2 heteroatoms. The van der Waals surface area contributed by atoms with Crippen LogP contribution in [0.15, 0.2) is 46.9 Å². The zero-order valence-electron chi connectivity index (χ0n) is 13.0. The molecule has 0 bridgehead atoms. The molecule has 21 heavy (non-hydrogen) atoms. The first-order chi connectivity index (χ1) is 9.77. The van der Waals surface area contributed by atoms with Gasteiger partial charge < -0.3 is 0 Å². The SMILES string of the molecule is Cc1cc(C(=O)Cc2ccc(C(C)(C)C)cc2)ccc1Br. The third-order valence-corrected chi connectivity index (χ3v) is 4.55. The lowest BCUT2D eigenvalue weighted by atomic mass is 9.86. The summed E-state index contributed by atoms with van der Waals surface area (Å²) in [4.78, 5) is 12.3. The van der Waals surface area contributed by atoms with E-state index >= 15 is 0 Å². The summed E-state index contributed by atoms with van der Waals surface area (Å²) in [6, 6.07) is 14.1. The van der Waals surface area contributed by atoms with Gasteiger partial charge in [0.1, 0.15) is 0 Å². The van der Waals surface area contributed by atoms with Crippen LogP contribution in [0.2, 0.25) is 0 Å². The van der Waals surface area contributed by atoms with Crippen molar-refractivity contribution in [1.29, 1.82) is 0 Å². The number of benzene rings is 2. The van der Waals surface area contributed by atoms with Gasteiger partial charge in [-0.15, -0.1) is 0 Å². The molecule has 2 rings (SSSR count). The van der Waals surface area contributed by atoms with Crippen LogP contribution < -0.4 is 0 Å². The number of rotatable bonds is 3. The van der Waals surface area contributed by atoms with Crippen molar-refractivity contribution in [3.63, 3.8) is 0 Å². The van der Waals surface area contributed by atoms with Gasteiger partial charge in [-0.25, -0.2) is 0 Å². The van der Waals surface area contributed by atoms with Gasteiger partial charge in [0, 0.05) is 16.5 Å². The third-order valence-electron chi connectivity index (χ3n) is 3.66. The molecule has 0 radical (unpaired) electrons. The van der Waals surface area contributed by atoms with Gasteiger partial charge in [0.2, 0.25) is 0 Å². The fourth-order valence-corrected chi connectivity index (χ4v) is 2.47. The quantitative estimate of drug-likeness (QED) is 0.673. The number of hydrogen-bond donors (Lipinski definition) is 0. The van der Waals surface area contributed by atoms with Crippen molar-refractivity contribution >= 4 is 21.7 Å². The topological polar surface area (TPSA) is 17.1 Å². The van der Waals surface area contributed by atoms with Crippen molar-refractivity contribution in [2.24, 2.45) is 0 Å². The van der Waals surface area contributed by atoms with Gasteiger partial charge >= 0.3 is 0 Å². The van der Waals surface area contributed by atoms with E-state index in [0.717, 1.165) is 21.2 Å². The van der Waals surface area contributed by atoms with Crippen LogP contribution in [0.25, 0.3) is 0 Å². The summed E-state index contributed by atoms with van der Waals surface area (Å²) in [5, 5.41) is 0. The molecule has 1 nitrogen and oxygen atoms in total. The Labute approximate surface area is 135 Å². The fraction of sp³-hybridized carbons (Fsp3) is 0.316. The minimum absolute atomic E-state index is 0.144. The molecule has 2 aromatic rings. The van der Waals surface area contributed by atoms with E-state index in [1.165, 1.54) is 5.56 Å². The number of ketones is 1. The monoisotopic (exact) mass is 344 g/mol. The predicted molar refractivity (Wildman–Crippen MR) is 92.1 cm³/mol. The Hall–Kier alpha value is -1.41. The van der Waals surface area contributed by atoms with Crippen molar-refractivity contribution in [1.82, 2.24) is 0 Å². The molecule has 0 aliphatic carbocycles. The van der Waals surface area contributed by atoms with Crippen LogP contribution in [0.3, 0.4) is 0 Å². The molecule has 0 N–H and O–H groups in total. The molecule has 0 aliphatic heterocycles. The summed E-state index contributed by atoms with van der Waals surface area (Å²) in [5.41, 5.74) is 4.36. The first-order valence-corrected chi connectivity index (χ1v) is 7.95. The van der Waals surface area contributed by atoms with E-state index in [1.54, 1.807) is 0 Å². The summed E-state index contributed by atoms with van der Waals surface area (Å²) in [6.07, 6.45) is 0.450. The minimum Gasteiger partial charge on any atom is -0.294 e. The van der Waals surface area contributed by atoms with Crippen LogP contribution in [-0.4, -0.2) is 5.78 Å². The zero-order valence-corrected chi connectivity index (χ0v) is 14.6. The first-order valence-electron chi connectivity index (χ1n) is 7.16. The highest BCUT2D eigenvalue weighted by Crippen LogP contribution is 2.23. The molecular weight excluding hydrogens is 324 g/mol. The number of halogens is 1. The Balaban J connectivity index is 2.14. The molecule has 0 amide bonds. The second-order valence-corrected chi connectivity index (χ2v) is 7.37. The number of hydrogen-bond acceptors (Lipinski definition) is 1. The van der Waals surface area contributed by atoms with Crippen molar-refractivity contribution in [2.45, 2.75) is 39.5 Å². The van der Waals surface area contributed by atoms with Crippen LogP contribution in [0, 0.1) is 6.92 Å². The highest BCUT2D eigenvalue weighted by atomic mass is 79.9. The Morgan fingerprint density at radius 1 is 1.05 bits per heavy atom. The molecule has 0 atom stereocenters. The smallest absolute Gasteiger partial charge is 0.167 e. The predicted octanol–water partition coefficient (Wildman–Crippen LogP) is 5.48. The molecule has 0 saturated carbocycles. The van der Waals surface area contributed by atoms with E-state index in [4.69, 9.17) is 0 Å². The van der Waals surface area contributed by atoms with Gasteiger partial charge in [-0.3, -0.25) is 4.79 Å². The lowest BCUT2D eigenvalue weighted by Crippen LogP contribution is -2.11. The molecule has 0 aromatic heterocycles. The summed E-state index contributed by atoms with van der Waals surface area (Å²) in [7, 11) is 0. The van der Waals surface area contributed by atoms with Crippen molar-refractivity contribution in [3.8, 4) is 0 Å². The molecule has 0 heterocycles. The Kier molecular flexibility index (Phi) is 4.67. The largest absolute Gasteiger partial charge is 0.294 e. The van der Waals surface area contributed by atoms with Crippen LogP contribution in [0.1, 0.15) is 47.8 Å². The normalized spacial score (nSPS) is 11.5. The second kappa shape index (κ2) is 6.15. The van der Waals surface area contributed by atoms with Gasteiger partial charge in [0.05, 0.1) is 0 Å². The van der Waals surface area contributed by atoms with E-state index in [9.17, 15) is 4.79 Å². The Morgan fingerprint density at radius 3 is 2.19 bits per heavy atom. The number of carbonyl (C=O) groups is 1. The van der Waals surface area contributed by atoms with Gasteiger partial charge in [-0.2, -0.15) is 0 Å². The number of aryl methyl sites for hydroxylation is 1. The minimum atomic E-state index is 0.144. The third kappa shape index (κ3) is 4.04.